The number of ether oxygens (including phenoxy) is 4. The van der Waals surface area contributed by atoms with Crippen molar-refractivity contribution in [2.45, 2.75) is 5.92 Å². The van der Waals surface area contributed by atoms with Crippen molar-refractivity contribution in [2.75, 3.05) is 21.3 Å². The number of rotatable bonds is 5. The first-order valence-corrected chi connectivity index (χ1v) is 8.99. The highest BCUT2D eigenvalue weighted by atomic mass is 16.5. The van der Waals surface area contributed by atoms with Crippen molar-refractivity contribution < 1.29 is 18.9 Å². The third kappa shape index (κ3) is 2.95. The summed E-state index contributed by atoms with van der Waals surface area (Å²) in [6.07, 6.45) is 3.32. The minimum atomic E-state index is -0.477. The van der Waals surface area contributed by atoms with E-state index in [4.69, 9.17) is 24.7 Å². The van der Waals surface area contributed by atoms with Gasteiger partial charge in [-0.3, -0.25) is 10.1 Å². The summed E-state index contributed by atoms with van der Waals surface area (Å²) in [5.41, 5.74) is 9.20. The molecule has 0 radical (unpaired) electrons. The van der Waals surface area contributed by atoms with Gasteiger partial charge in [-0.1, -0.05) is 0 Å². The van der Waals surface area contributed by atoms with Crippen LogP contribution in [0.2, 0.25) is 0 Å². The molecular weight excluding hydrogens is 386 g/mol. The van der Waals surface area contributed by atoms with E-state index >= 15 is 0 Å². The van der Waals surface area contributed by atoms with E-state index in [1.807, 2.05) is 12.1 Å². The van der Waals surface area contributed by atoms with Gasteiger partial charge in [0, 0.05) is 18.0 Å². The first-order valence-electron chi connectivity index (χ1n) is 8.99. The van der Waals surface area contributed by atoms with Crippen LogP contribution in [0.3, 0.4) is 0 Å². The van der Waals surface area contributed by atoms with E-state index in [0.29, 0.717) is 40.0 Å². The third-order valence-corrected chi connectivity index (χ3v) is 4.93. The molecule has 4 rings (SSSR count). The normalized spacial score (nSPS) is 15.1. The number of methoxy groups -OCH3 is 3. The molecule has 3 heterocycles. The SMILES string of the molecule is COc1cc(-c2[nH]nc3c2[C@@H](c2ccncc2)C(C#N)=C(N)O3)cc(OC)c1OC. The van der Waals surface area contributed by atoms with Gasteiger partial charge in [-0.05, 0) is 29.8 Å². The Morgan fingerprint density at radius 3 is 2.33 bits per heavy atom. The Morgan fingerprint density at radius 2 is 1.77 bits per heavy atom. The molecule has 3 N–H and O–H groups in total. The number of hydrogen-bond acceptors (Lipinski definition) is 8. The number of nitriles is 1. The lowest BCUT2D eigenvalue weighted by atomic mass is 9.83. The van der Waals surface area contributed by atoms with Crippen molar-refractivity contribution in [3.05, 3.63) is 59.2 Å². The van der Waals surface area contributed by atoms with Crippen molar-refractivity contribution in [3.63, 3.8) is 0 Å². The summed E-state index contributed by atoms with van der Waals surface area (Å²) in [6.45, 7) is 0. The van der Waals surface area contributed by atoms with E-state index < -0.39 is 5.92 Å². The number of benzene rings is 1. The molecule has 0 fully saturated rings. The number of fused-ring (bicyclic) bond motifs is 1. The largest absolute Gasteiger partial charge is 0.493 e. The molecule has 30 heavy (non-hydrogen) atoms. The van der Waals surface area contributed by atoms with E-state index in [2.05, 4.69) is 21.3 Å². The molecule has 0 saturated carbocycles. The van der Waals surface area contributed by atoms with Crippen molar-refractivity contribution in [1.82, 2.24) is 15.2 Å². The number of nitrogens with zero attached hydrogens (tertiary/aromatic N) is 3. The van der Waals surface area contributed by atoms with Crippen molar-refractivity contribution in [3.8, 4) is 40.5 Å². The molecule has 0 aliphatic carbocycles. The molecule has 0 spiro atoms. The first-order chi connectivity index (χ1) is 14.6. The maximum absolute atomic E-state index is 9.78. The maximum Gasteiger partial charge on any atom is 0.244 e. The van der Waals surface area contributed by atoms with Gasteiger partial charge in [0.25, 0.3) is 0 Å². The average molecular weight is 405 g/mol. The Balaban J connectivity index is 1.95. The lowest BCUT2D eigenvalue weighted by Crippen LogP contribution is -2.21. The summed E-state index contributed by atoms with van der Waals surface area (Å²) in [5, 5.41) is 17.1. The molecule has 1 aromatic carbocycles. The summed E-state index contributed by atoms with van der Waals surface area (Å²) in [7, 11) is 4.63. The summed E-state index contributed by atoms with van der Waals surface area (Å²) < 4.78 is 22.0. The number of nitrogens with two attached hydrogens (primary N) is 1. The molecule has 9 nitrogen and oxygen atoms in total. The number of nitrogens with one attached hydrogen (secondary N) is 1. The molecule has 0 saturated heterocycles. The van der Waals surface area contributed by atoms with Gasteiger partial charge in [0.2, 0.25) is 17.5 Å². The Labute approximate surface area is 172 Å². The van der Waals surface area contributed by atoms with Gasteiger partial charge < -0.3 is 24.7 Å². The molecule has 9 heteroatoms. The molecule has 1 aliphatic heterocycles. The van der Waals surface area contributed by atoms with Crippen LogP contribution in [0.1, 0.15) is 17.0 Å². The molecule has 1 atom stereocenters. The zero-order valence-corrected chi connectivity index (χ0v) is 16.6. The van der Waals surface area contributed by atoms with Crippen LogP contribution in [0.15, 0.2) is 48.1 Å². The van der Waals surface area contributed by atoms with Gasteiger partial charge in [0.05, 0.1) is 38.5 Å². The summed E-state index contributed by atoms with van der Waals surface area (Å²) in [6, 6.07) is 9.43. The van der Waals surface area contributed by atoms with E-state index in [-0.39, 0.29) is 5.88 Å². The van der Waals surface area contributed by atoms with Gasteiger partial charge in [0.1, 0.15) is 11.6 Å². The van der Waals surface area contributed by atoms with Crippen LogP contribution < -0.4 is 24.7 Å². The minimum Gasteiger partial charge on any atom is -0.493 e. The van der Waals surface area contributed by atoms with E-state index in [9.17, 15) is 5.26 Å². The zero-order chi connectivity index (χ0) is 21.3. The predicted molar refractivity (Wildman–Crippen MR) is 107 cm³/mol. The van der Waals surface area contributed by atoms with Crippen molar-refractivity contribution in [2.24, 2.45) is 5.73 Å². The number of hydrogen-bond donors (Lipinski definition) is 2. The maximum atomic E-state index is 9.78. The summed E-state index contributed by atoms with van der Waals surface area (Å²) in [5.74, 6) is 1.30. The van der Waals surface area contributed by atoms with Crippen LogP contribution >= 0.6 is 0 Å². The van der Waals surface area contributed by atoms with Crippen molar-refractivity contribution in [1.29, 1.82) is 5.26 Å². The van der Waals surface area contributed by atoms with Gasteiger partial charge in [0.15, 0.2) is 11.5 Å². The molecule has 0 unspecified atom stereocenters. The number of pyridine rings is 1. The van der Waals surface area contributed by atoms with Gasteiger partial charge in [-0.2, -0.15) is 5.26 Å². The van der Waals surface area contributed by atoms with E-state index in [1.54, 1.807) is 38.7 Å². The van der Waals surface area contributed by atoms with Crippen LogP contribution in [-0.4, -0.2) is 36.5 Å². The van der Waals surface area contributed by atoms with Gasteiger partial charge in [-0.15, -0.1) is 5.10 Å². The molecule has 0 bridgehead atoms. The Morgan fingerprint density at radius 1 is 1.10 bits per heavy atom. The van der Waals surface area contributed by atoms with Gasteiger partial charge >= 0.3 is 0 Å². The fraction of sp³-hybridized carbons (Fsp3) is 0.190. The number of aromatic amines is 1. The minimum absolute atomic E-state index is 0.0229. The van der Waals surface area contributed by atoms with Crippen LogP contribution in [0, 0.1) is 11.3 Å². The lowest BCUT2D eigenvalue weighted by Gasteiger charge is -2.24. The summed E-state index contributed by atoms with van der Waals surface area (Å²) in [4.78, 5) is 4.07. The fourth-order valence-corrected chi connectivity index (χ4v) is 3.58. The monoisotopic (exact) mass is 405 g/mol. The zero-order valence-electron chi connectivity index (χ0n) is 16.6. The second-order valence-corrected chi connectivity index (χ2v) is 6.44. The first kappa shape index (κ1) is 19.1. The Bertz CT molecular complexity index is 1140. The molecule has 3 aromatic rings. The molecule has 1 aliphatic rings. The van der Waals surface area contributed by atoms with Crippen molar-refractivity contribution >= 4 is 0 Å². The number of allylic oxidation sites excluding steroid dienone is 1. The highest BCUT2D eigenvalue weighted by Crippen LogP contribution is 2.48. The highest BCUT2D eigenvalue weighted by molar-refractivity contribution is 5.75. The second kappa shape index (κ2) is 7.67. The Hall–Kier alpha value is -4.19. The lowest BCUT2D eigenvalue weighted by molar-refractivity contribution is 0.324. The quantitative estimate of drug-likeness (QED) is 0.663. The molecule has 152 valence electrons. The Kier molecular flexibility index (Phi) is 4.90. The number of H-pyrrole nitrogens is 1. The standard InChI is InChI=1S/C21H19N5O4/c1-27-14-8-12(9-15(28-2)19(14)29-3)18-17-16(11-4-6-24-7-5-11)13(10-22)20(23)30-21(17)26-25-18/h4-9,16H,23H2,1-3H3,(H,25,26)/t16-/m0/s1. The van der Waals surface area contributed by atoms with Gasteiger partial charge in [-0.25, -0.2) is 0 Å². The number of aromatic nitrogens is 3. The molecule has 0 amide bonds. The highest BCUT2D eigenvalue weighted by Gasteiger charge is 2.36. The van der Waals surface area contributed by atoms with E-state index in [1.165, 1.54) is 7.11 Å². The molecular formula is C21H19N5O4. The van der Waals surface area contributed by atoms with E-state index in [0.717, 1.165) is 11.1 Å². The average Bonchev–Trinajstić information content (AvgIpc) is 3.20. The third-order valence-electron chi connectivity index (χ3n) is 4.93. The van der Waals surface area contributed by atoms with Crippen LogP contribution in [0.25, 0.3) is 11.3 Å². The summed E-state index contributed by atoms with van der Waals surface area (Å²) >= 11 is 0. The second-order valence-electron chi connectivity index (χ2n) is 6.44. The van der Waals surface area contributed by atoms with Crippen LogP contribution in [-0.2, 0) is 0 Å². The van der Waals surface area contributed by atoms with Crippen LogP contribution in [0.5, 0.6) is 23.1 Å². The molecule has 2 aromatic heterocycles. The predicted octanol–water partition coefficient (Wildman–Crippen LogP) is 2.72. The van der Waals surface area contributed by atoms with Crippen LogP contribution in [0.4, 0.5) is 0 Å². The fourth-order valence-electron chi connectivity index (χ4n) is 3.58. The smallest absolute Gasteiger partial charge is 0.244 e. The topological polar surface area (TPSA) is 128 Å².